The summed E-state index contributed by atoms with van der Waals surface area (Å²) in [4.78, 5) is 24.4. The monoisotopic (exact) mass is 298 g/mol. The number of aliphatic carboxylic acids is 1. The van der Waals surface area contributed by atoms with Crippen LogP contribution in [-0.2, 0) is 9.53 Å². The Labute approximate surface area is 121 Å². The van der Waals surface area contributed by atoms with E-state index in [1.807, 2.05) is 6.92 Å². The van der Waals surface area contributed by atoms with Crippen LogP contribution in [0.2, 0.25) is 5.02 Å². The Morgan fingerprint density at radius 3 is 2.95 bits per heavy atom. The van der Waals surface area contributed by atoms with Crippen molar-refractivity contribution in [3.05, 3.63) is 28.8 Å². The molecule has 1 heterocycles. The first-order chi connectivity index (χ1) is 9.47. The number of hydrogen-bond acceptors (Lipinski definition) is 3. The second-order valence-corrected chi connectivity index (χ2v) is 4.97. The van der Waals surface area contributed by atoms with Gasteiger partial charge in [-0.25, -0.2) is 9.59 Å². The number of carbonyl (C=O) groups is 2. The van der Waals surface area contributed by atoms with Gasteiger partial charge in [0.05, 0.1) is 13.2 Å². The van der Waals surface area contributed by atoms with E-state index in [0.717, 1.165) is 5.56 Å². The Morgan fingerprint density at radius 2 is 2.25 bits per heavy atom. The van der Waals surface area contributed by atoms with Crippen LogP contribution < -0.4 is 5.32 Å². The highest BCUT2D eigenvalue weighted by molar-refractivity contribution is 6.31. The number of amides is 2. The van der Waals surface area contributed by atoms with Gasteiger partial charge in [0, 0.05) is 17.3 Å². The summed E-state index contributed by atoms with van der Waals surface area (Å²) in [5.74, 6) is -1.07. The molecule has 1 aromatic rings. The second-order valence-electron chi connectivity index (χ2n) is 4.53. The van der Waals surface area contributed by atoms with Crippen molar-refractivity contribution in [1.82, 2.24) is 4.90 Å². The molecule has 6 nitrogen and oxygen atoms in total. The quantitative estimate of drug-likeness (QED) is 0.875. The number of anilines is 1. The van der Waals surface area contributed by atoms with Crippen LogP contribution in [0.1, 0.15) is 5.56 Å². The van der Waals surface area contributed by atoms with E-state index in [1.165, 1.54) is 4.90 Å². The van der Waals surface area contributed by atoms with Gasteiger partial charge in [-0.15, -0.1) is 0 Å². The summed E-state index contributed by atoms with van der Waals surface area (Å²) in [6, 6.07) is 4.84. The molecule has 0 saturated carbocycles. The van der Waals surface area contributed by atoms with Crippen molar-refractivity contribution in [2.24, 2.45) is 0 Å². The third-order valence-corrected chi connectivity index (χ3v) is 3.31. The predicted molar refractivity (Wildman–Crippen MR) is 74.2 cm³/mol. The summed E-state index contributed by atoms with van der Waals surface area (Å²) in [5.41, 5.74) is 1.49. The topological polar surface area (TPSA) is 78.9 Å². The summed E-state index contributed by atoms with van der Waals surface area (Å²) in [6.45, 7) is 2.44. The molecular weight excluding hydrogens is 284 g/mol. The molecule has 1 aromatic carbocycles. The van der Waals surface area contributed by atoms with Gasteiger partial charge in [-0.05, 0) is 24.6 Å². The Bertz CT molecular complexity index is 535. The molecule has 0 spiro atoms. The number of urea groups is 1. The Hall–Kier alpha value is -1.79. The van der Waals surface area contributed by atoms with Gasteiger partial charge in [0.25, 0.3) is 0 Å². The summed E-state index contributed by atoms with van der Waals surface area (Å²) < 4.78 is 5.07. The fourth-order valence-electron chi connectivity index (χ4n) is 1.91. The first kappa shape index (κ1) is 14.6. The van der Waals surface area contributed by atoms with E-state index in [0.29, 0.717) is 17.3 Å². The third-order valence-electron chi connectivity index (χ3n) is 3.07. The van der Waals surface area contributed by atoms with E-state index in [2.05, 4.69) is 5.32 Å². The van der Waals surface area contributed by atoms with Crippen molar-refractivity contribution in [2.75, 3.05) is 25.0 Å². The standard InChI is InChI=1S/C13H15ClN2O4/c1-8-2-3-9(14)6-10(8)15-13(19)16-4-5-20-11(7-16)12(17)18/h2-3,6,11H,4-5,7H2,1H3,(H,15,19)(H,17,18). The molecule has 20 heavy (non-hydrogen) atoms. The lowest BCUT2D eigenvalue weighted by atomic mass is 10.2. The van der Waals surface area contributed by atoms with Crippen molar-refractivity contribution in [1.29, 1.82) is 0 Å². The summed E-state index contributed by atoms with van der Waals surface area (Å²) in [6.07, 6.45) is -0.977. The second kappa shape index (κ2) is 6.11. The van der Waals surface area contributed by atoms with Crippen molar-refractivity contribution in [3.63, 3.8) is 0 Å². The number of hydrogen-bond donors (Lipinski definition) is 2. The van der Waals surface area contributed by atoms with Gasteiger partial charge >= 0.3 is 12.0 Å². The smallest absolute Gasteiger partial charge is 0.334 e. The number of benzene rings is 1. The number of carbonyl (C=O) groups excluding carboxylic acids is 1. The molecule has 0 aromatic heterocycles. The number of morpholine rings is 1. The lowest BCUT2D eigenvalue weighted by Crippen LogP contribution is -2.49. The molecule has 2 N–H and O–H groups in total. The molecular formula is C13H15ClN2O4. The number of carboxylic acid groups (broad SMARTS) is 1. The number of nitrogens with one attached hydrogen (secondary N) is 1. The van der Waals surface area contributed by atoms with Crippen LogP contribution in [-0.4, -0.2) is 47.8 Å². The van der Waals surface area contributed by atoms with Gasteiger partial charge < -0.3 is 20.1 Å². The first-order valence-electron chi connectivity index (χ1n) is 6.14. The van der Waals surface area contributed by atoms with E-state index < -0.39 is 12.1 Å². The van der Waals surface area contributed by atoms with Crippen molar-refractivity contribution < 1.29 is 19.4 Å². The molecule has 1 unspecified atom stereocenters. The van der Waals surface area contributed by atoms with Gasteiger partial charge in [0.2, 0.25) is 0 Å². The molecule has 1 atom stereocenters. The highest BCUT2D eigenvalue weighted by atomic mass is 35.5. The zero-order chi connectivity index (χ0) is 14.7. The molecule has 0 radical (unpaired) electrons. The van der Waals surface area contributed by atoms with Crippen LogP contribution in [0.25, 0.3) is 0 Å². The normalized spacial score (nSPS) is 18.7. The maximum atomic E-state index is 12.1. The molecule has 7 heteroatoms. The average Bonchev–Trinajstić information content (AvgIpc) is 2.43. The SMILES string of the molecule is Cc1ccc(Cl)cc1NC(=O)N1CCOC(C(=O)O)C1. The minimum Gasteiger partial charge on any atom is -0.479 e. The van der Waals surface area contributed by atoms with Crippen LogP contribution >= 0.6 is 11.6 Å². The van der Waals surface area contributed by atoms with E-state index in [-0.39, 0.29) is 19.2 Å². The van der Waals surface area contributed by atoms with Crippen molar-refractivity contribution in [3.8, 4) is 0 Å². The highest BCUT2D eigenvalue weighted by Crippen LogP contribution is 2.20. The van der Waals surface area contributed by atoms with Crippen LogP contribution in [0, 0.1) is 6.92 Å². The first-order valence-corrected chi connectivity index (χ1v) is 6.51. The van der Waals surface area contributed by atoms with Gasteiger partial charge in [-0.3, -0.25) is 0 Å². The fraction of sp³-hybridized carbons (Fsp3) is 0.385. The number of ether oxygens (including phenoxy) is 1. The Kier molecular flexibility index (Phi) is 4.46. The van der Waals surface area contributed by atoms with E-state index in [9.17, 15) is 9.59 Å². The van der Waals surface area contributed by atoms with Crippen molar-refractivity contribution >= 4 is 29.3 Å². The lowest BCUT2D eigenvalue weighted by molar-refractivity contribution is -0.154. The maximum absolute atomic E-state index is 12.1. The van der Waals surface area contributed by atoms with Crippen LogP contribution in [0.5, 0.6) is 0 Å². The number of rotatable bonds is 2. The lowest BCUT2D eigenvalue weighted by Gasteiger charge is -2.31. The van der Waals surface area contributed by atoms with E-state index in [1.54, 1.807) is 18.2 Å². The zero-order valence-corrected chi connectivity index (χ0v) is 11.7. The van der Waals surface area contributed by atoms with Gasteiger partial charge in [-0.2, -0.15) is 0 Å². The zero-order valence-electron chi connectivity index (χ0n) is 10.9. The summed E-state index contributed by atoms with van der Waals surface area (Å²) in [5, 5.41) is 12.2. The van der Waals surface area contributed by atoms with Crippen LogP contribution in [0.3, 0.4) is 0 Å². The summed E-state index contributed by atoms with van der Waals surface area (Å²) >= 11 is 5.89. The number of aryl methyl sites for hydroxylation is 1. The summed E-state index contributed by atoms with van der Waals surface area (Å²) in [7, 11) is 0. The molecule has 0 bridgehead atoms. The van der Waals surface area contributed by atoms with Gasteiger partial charge in [0.1, 0.15) is 0 Å². The number of carboxylic acids is 1. The Morgan fingerprint density at radius 1 is 1.50 bits per heavy atom. The highest BCUT2D eigenvalue weighted by Gasteiger charge is 2.29. The van der Waals surface area contributed by atoms with E-state index in [4.69, 9.17) is 21.4 Å². The molecule has 1 aliphatic heterocycles. The van der Waals surface area contributed by atoms with Crippen LogP contribution in [0.15, 0.2) is 18.2 Å². The van der Waals surface area contributed by atoms with Crippen molar-refractivity contribution in [2.45, 2.75) is 13.0 Å². The van der Waals surface area contributed by atoms with Crippen LogP contribution in [0.4, 0.5) is 10.5 Å². The van der Waals surface area contributed by atoms with Gasteiger partial charge in [-0.1, -0.05) is 17.7 Å². The molecule has 2 rings (SSSR count). The molecule has 1 fully saturated rings. The molecule has 0 aliphatic carbocycles. The maximum Gasteiger partial charge on any atom is 0.334 e. The Balaban J connectivity index is 2.04. The molecule has 1 saturated heterocycles. The third kappa shape index (κ3) is 3.40. The van der Waals surface area contributed by atoms with Gasteiger partial charge in [0.15, 0.2) is 6.10 Å². The molecule has 1 aliphatic rings. The number of halogens is 1. The average molecular weight is 299 g/mol. The predicted octanol–water partition coefficient (Wildman–Crippen LogP) is 1.97. The molecule has 2 amide bonds. The van der Waals surface area contributed by atoms with E-state index >= 15 is 0 Å². The fourth-order valence-corrected chi connectivity index (χ4v) is 2.08. The minimum absolute atomic E-state index is 0.0286. The largest absolute Gasteiger partial charge is 0.479 e. The molecule has 108 valence electrons. The number of nitrogens with zero attached hydrogens (tertiary/aromatic N) is 1. The minimum atomic E-state index is -1.07.